The number of carbonyl (C=O) groups excluding carboxylic acids is 2. The lowest BCUT2D eigenvalue weighted by Crippen LogP contribution is -2.34. The number of hydrogen-bond donors (Lipinski definition) is 1. The van der Waals surface area contributed by atoms with Crippen molar-refractivity contribution in [2.24, 2.45) is 5.92 Å². The van der Waals surface area contributed by atoms with Crippen molar-refractivity contribution in [1.82, 2.24) is 10.2 Å². The third kappa shape index (κ3) is 4.10. The summed E-state index contributed by atoms with van der Waals surface area (Å²) in [5.41, 5.74) is 1.79. The van der Waals surface area contributed by atoms with Crippen molar-refractivity contribution in [1.29, 1.82) is 0 Å². The van der Waals surface area contributed by atoms with Crippen LogP contribution >= 0.6 is 11.3 Å². The highest BCUT2D eigenvalue weighted by atomic mass is 32.1. The molecule has 0 saturated heterocycles. The van der Waals surface area contributed by atoms with Gasteiger partial charge in [-0.3, -0.25) is 9.59 Å². The Balaban J connectivity index is 1.74. The van der Waals surface area contributed by atoms with Crippen molar-refractivity contribution in [3.8, 4) is 0 Å². The van der Waals surface area contributed by atoms with Crippen molar-refractivity contribution >= 4 is 23.2 Å². The molecule has 0 spiro atoms. The van der Waals surface area contributed by atoms with E-state index in [-0.39, 0.29) is 17.9 Å². The van der Waals surface area contributed by atoms with E-state index in [2.05, 4.69) is 19.2 Å². The van der Waals surface area contributed by atoms with Gasteiger partial charge in [-0.1, -0.05) is 38.1 Å². The zero-order valence-electron chi connectivity index (χ0n) is 14.7. The van der Waals surface area contributed by atoms with Gasteiger partial charge >= 0.3 is 0 Å². The maximum atomic E-state index is 12.8. The number of rotatable bonds is 7. The summed E-state index contributed by atoms with van der Waals surface area (Å²) in [5, 5.41) is 4.99. The molecule has 2 heterocycles. The van der Waals surface area contributed by atoms with E-state index in [0.717, 1.165) is 22.4 Å². The fourth-order valence-corrected chi connectivity index (χ4v) is 3.96. The van der Waals surface area contributed by atoms with Gasteiger partial charge in [-0.2, -0.15) is 0 Å². The lowest BCUT2D eigenvalue weighted by atomic mass is 10.1. The first-order valence-corrected chi connectivity index (χ1v) is 9.63. The van der Waals surface area contributed by atoms with E-state index in [1.165, 1.54) is 0 Å². The van der Waals surface area contributed by atoms with Crippen molar-refractivity contribution in [2.45, 2.75) is 39.3 Å². The number of thiophene rings is 1. The number of carbonyl (C=O) groups is 2. The molecule has 4 nitrogen and oxygen atoms in total. The minimum absolute atomic E-state index is 0.00260. The second-order valence-corrected chi connectivity index (χ2v) is 7.84. The van der Waals surface area contributed by atoms with Gasteiger partial charge in [-0.05, 0) is 35.4 Å². The molecular weight excluding hydrogens is 332 g/mol. The molecule has 0 aliphatic carbocycles. The van der Waals surface area contributed by atoms with E-state index in [9.17, 15) is 9.59 Å². The number of hydrogen-bond acceptors (Lipinski definition) is 3. The Hall–Kier alpha value is -2.14. The molecule has 0 fully saturated rings. The number of nitrogens with one attached hydrogen (secondary N) is 1. The molecule has 25 heavy (non-hydrogen) atoms. The molecule has 0 radical (unpaired) electrons. The molecule has 1 aromatic carbocycles. The minimum Gasteiger partial charge on any atom is -0.356 e. The molecule has 3 rings (SSSR count). The van der Waals surface area contributed by atoms with Crippen molar-refractivity contribution in [3.05, 3.63) is 57.8 Å². The van der Waals surface area contributed by atoms with Crippen LogP contribution in [0.2, 0.25) is 0 Å². The quantitative estimate of drug-likeness (QED) is 0.815. The van der Waals surface area contributed by atoms with Crippen molar-refractivity contribution in [2.75, 3.05) is 6.54 Å². The van der Waals surface area contributed by atoms with E-state index in [0.29, 0.717) is 25.4 Å². The Morgan fingerprint density at radius 1 is 1.24 bits per heavy atom. The normalized spacial score (nSPS) is 14.7. The summed E-state index contributed by atoms with van der Waals surface area (Å²) in [4.78, 5) is 28.1. The molecule has 2 aromatic rings. The molecule has 1 aliphatic rings. The maximum absolute atomic E-state index is 12.8. The Morgan fingerprint density at radius 3 is 2.72 bits per heavy atom. The molecule has 0 saturated carbocycles. The summed E-state index contributed by atoms with van der Waals surface area (Å²) in [6, 6.07) is 11.5. The summed E-state index contributed by atoms with van der Waals surface area (Å²) in [5.74, 6) is 0.579. The predicted octanol–water partition coefficient (Wildman–Crippen LogP) is 4.00. The zero-order chi connectivity index (χ0) is 17.8. The van der Waals surface area contributed by atoms with Crippen LogP contribution in [-0.2, 0) is 11.3 Å². The highest BCUT2D eigenvalue weighted by Crippen LogP contribution is 2.35. The van der Waals surface area contributed by atoms with Crippen LogP contribution in [0.5, 0.6) is 0 Å². The Bertz CT molecular complexity index is 740. The Kier molecular flexibility index (Phi) is 5.53. The smallest absolute Gasteiger partial charge is 0.255 e. The molecule has 0 bridgehead atoms. The van der Waals surface area contributed by atoms with Gasteiger partial charge in [0.1, 0.15) is 0 Å². The summed E-state index contributed by atoms with van der Waals surface area (Å²) in [6.45, 7) is 5.53. The fourth-order valence-electron chi connectivity index (χ4n) is 3.12. The van der Waals surface area contributed by atoms with Gasteiger partial charge in [0.25, 0.3) is 5.91 Å². The van der Waals surface area contributed by atoms with Gasteiger partial charge in [-0.25, -0.2) is 0 Å². The first-order valence-electron chi connectivity index (χ1n) is 8.75. The highest BCUT2D eigenvalue weighted by Gasteiger charge is 2.34. The zero-order valence-corrected chi connectivity index (χ0v) is 15.5. The Labute approximate surface area is 152 Å². The topological polar surface area (TPSA) is 49.4 Å². The first-order chi connectivity index (χ1) is 12.1. The van der Waals surface area contributed by atoms with Gasteiger partial charge in [0.2, 0.25) is 5.91 Å². The lowest BCUT2D eigenvalue weighted by molar-refractivity contribution is -0.122. The summed E-state index contributed by atoms with van der Waals surface area (Å²) < 4.78 is 0. The monoisotopic (exact) mass is 356 g/mol. The molecule has 1 aliphatic heterocycles. The molecule has 2 amide bonds. The summed E-state index contributed by atoms with van der Waals surface area (Å²) in [7, 11) is 0. The van der Waals surface area contributed by atoms with Gasteiger partial charge in [0.15, 0.2) is 0 Å². The highest BCUT2D eigenvalue weighted by molar-refractivity contribution is 7.10. The molecular formula is C20H24N2O2S. The van der Waals surface area contributed by atoms with E-state index in [1.807, 2.05) is 46.7 Å². The third-order valence-corrected chi connectivity index (χ3v) is 5.49. The van der Waals surface area contributed by atoms with Crippen LogP contribution in [-0.4, -0.2) is 23.3 Å². The maximum Gasteiger partial charge on any atom is 0.255 e. The van der Waals surface area contributed by atoms with Crippen LogP contribution in [0.25, 0.3) is 0 Å². The number of nitrogens with zero attached hydrogens (tertiary/aromatic N) is 1. The van der Waals surface area contributed by atoms with Crippen molar-refractivity contribution < 1.29 is 9.59 Å². The minimum atomic E-state index is -0.209. The van der Waals surface area contributed by atoms with Gasteiger partial charge in [-0.15, -0.1) is 11.3 Å². The van der Waals surface area contributed by atoms with Crippen LogP contribution in [0, 0.1) is 5.92 Å². The van der Waals surface area contributed by atoms with E-state index in [1.54, 1.807) is 11.3 Å². The fraction of sp³-hybridized carbons (Fsp3) is 0.400. The molecule has 5 heteroatoms. The molecule has 1 N–H and O–H groups in total. The number of amides is 2. The van der Waals surface area contributed by atoms with Gasteiger partial charge < -0.3 is 10.2 Å². The lowest BCUT2D eigenvalue weighted by Gasteiger charge is -2.26. The van der Waals surface area contributed by atoms with Gasteiger partial charge in [0.05, 0.1) is 12.5 Å². The molecule has 132 valence electrons. The SMILES string of the molecule is CC(C)CCNC(=O)C[C@@H](c1cccs1)N1Cc2ccccc2C1=O. The average Bonchev–Trinajstić information content (AvgIpc) is 3.21. The van der Waals surface area contributed by atoms with E-state index < -0.39 is 0 Å². The van der Waals surface area contributed by atoms with Crippen LogP contribution in [0.15, 0.2) is 41.8 Å². The summed E-state index contributed by atoms with van der Waals surface area (Å²) in [6.07, 6.45) is 1.27. The second-order valence-electron chi connectivity index (χ2n) is 6.86. The second kappa shape index (κ2) is 7.83. The predicted molar refractivity (Wildman–Crippen MR) is 100 cm³/mol. The van der Waals surface area contributed by atoms with Crippen LogP contribution in [0.3, 0.4) is 0 Å². The van der Waals surface area contributed by atoms with E-state index >= 15 is 0 Å². The van der Waals surface area contributed by atoms with Gasteiger partial charge in [0, 0.05) is 23.5 Å². The molecule has 1 atom stereocenters. The largest absolute Gasteiger partial charge is 0.356 e. The average molecular weight is 356 g/mol. The Morgan fingerprint density at radius 2 is 2.04 bits per heavy atom. The first kappa shape index (κ1) is 17.7. The molecule has 1 aromatic heterocycles. The van der Waals surface area contributed by atoms with Crippen LogP contribution < -0.4 is 5.32 Å². The third-order valence-electron chi connectivity index (χ3n) is 4.52. The number of benzene rings is 1. The van der Waals surface area contributed by atoms with Crippen LogP contribution in [0.4, 0.5) is 0 Å². The number of fused-ring (bicyclic) bond motifs is 1. The molecule has 0 unspecified atom stereocenters. The summed E-state index contributed by atoms with van der Waals surface area (Å²) >= 11 is 1.60. The standard InChI is InChI=1S/C20H24N2O2S/c1-14(2)9-10-21-19(23)12-17(18-8-5-11-25-18)22-13-15-6-3-4-7-16(15)20(22)24/h3-8,11,14,17H,9-10,12-13H2,1-2H3,(H,21,23)/t17-/m0/s1. The van der Waals surface area contributed by atoms with Crippen molar-refractivity contribution in [3.63, 3.8) is 0 Å². The van der Waals surface area contributed by atoms with Crippen LogP contribution in [0.1, 0.15) is 53.5 Å². The van der Waals surface area contributed by atoms with E-state index in [4.69, 9.17) is 0 Å².